The summed E-state index contributed by atoms with van der Waals surface area (Å²) in [5, 5.41) is 23.4. The highest BCUT2D eigenvalue weighted by atomic mass is 16.5. The van der Waals surface area contributed by atoms with Crippen molar-refractivity contribution in [2.75, 3.05) is 13.2 Å². The normalized spacial score (nSPS) is 12.9. The maximum Gasteiger partial charge on any atom is 0.305 e. The third kappa shape index (κ3) is 58.9. The van der Waals surface area contributed by atoms with Gasteiger partial charge in [0.05, 0.1) is 25.4 Å². The van der Waals surface area contributed by atoms with Crippen LogP contribution in [0.4, 0.5) is 0 Å². The highest BCUT2D eigenvalue weighted by Gasteiger charge is 2.20. The lowest BCUT2D eigenvalue weighted by molar-refractivity contribution is -0.143. The second-order valence-electron chi connectivity index (χ2n) is 22.1. The lowest BCUT2D eigenvalue weighted by Crippen LogP contribution is -2.45. The topological polar surface area (TPSA) is 95.9 Å². The molecule has 0 rings (SSSR count). The Morgan fingerprint density at radius 3 is 1.15 bits per heavy atom. The fourth-order valence-electron chi connectivity index (χ4n) is 9.90. The predicted octanol–water partition coefficient (Wildman–Crippen LogP) is 20.5. The first-order valence-corrected chi connectivity index (χ1v) is 32.4. The van der Waals surface area contributed by atoms with E-state index < -0.39 is 12.1 Å². The first-order chi connectivity index (χ1) is 36.0. The van der Waals surface area contributed by atoms with E-state index in [2.05, 4.69) is 67.8 Å². The summed E-state index contributed by atoms with van der Waals surface area (Å²) in [6, 6.07) is -0.561. The van der Waals surface area contributed by atoms with Crippen LogP contribution in [0.1, 0.15) is 341 Å². The molecule has 0 saturated carbocycles. The Hall–Kier alpha value is -2.18. The van der Waals surface area contributed by atoms with E-state index in [1.807, 2.05) is 0 Å². The van der Waals surface area contributed by atoms with Crippen molar-refractivity contribution in [3.8, 4) is 0 Å². The average Bonchev–Trinajstić information content (AvgIpc) is 3.39. The number of esters is 1. The first kappa shape index (κ1) is 70.8. The summed E-state index contributed by atoms with van der Waals surface area (Å²) in [6.07, 6.45) is 79.8. The number of rotatable bonds is 60. The highest BCUT2D eigenvalue weighted by molar-refractivity contribution is 5.76. The molecule has 2 atom stereocenters. The number of allylic oxidation sites excluding steroid dienone is 8. The van der Waals surface area contributed by atoms with Crippen LogP contribution in [0, 0.1) is 0 Å². The molecule has 6 heteroatoms. The van der Waals surface area contributed by atoms with Crippen molar-refractivity contribution in [1.29, 1.82) is 0 Å². The molecule has 2 unspecified atom stereocenters. The van der Waals surface area contributed by atoms with Crippen molar-refractivity contribution < 1.29 is 24.5 Å². The number of hydrogen-bond acceptors (Lipinski definition) is 5. The van der Waals surface area contributed by atoms with Crippen molar-refractivity contribution in [2.24, 2.45) is 0 Å². The quantitative estimate of drug-likeness (QED) is 0.0244. The smallest absolute Gasteiger partial charge is 0.305 e. The van der Waals surface area contributed by atoms with Crippen molar-refractivity contribution in [3.63, 3.8) is 0 Å². The Morgan fingerprint density at radius 2 is 0.726 bits per heavy atom. The van der Waals surface area contributed by atoms with Crippen LogP contribution >= 0.6 is 0 Å². The SMILES string of the molecule is CCCCC/C=C\C/C=C\CCCCCCCCCC(=O)OCCCCC/C=C\C=C/CCCCCCCCC(=O)NC(CO)C(O)CCCCCCCCCCCCCCCCCCCCCCCCCC. The lowest BCUT2D eigenvalue weighted by Gasteiger charge is -2.22. The van der Waals surface area contributed by atoms with Crippen molar-refractivity contribution >= 4 is 11.9 Å². The van der Waals surface area contributed by atoms with E-state index in [0.29, 0.717) is 25.9 Å². The molecule has 428 valence electrons. The largest absolute Gasteiger partial charge is 0.466 e. The molecule has 3 N–H and O–H groups in total. The van der Waals surface area contributed by atoms with E-state index in [-0.39, 0.29) is 18.5 Å². The number of ether oxygens (including phenoxy) is 1. The number of aliphatic hydroxyl groups excluding tert-OH is 2. The average molecular weight is 1020 g/mol. The number of amides is 1. The van der Waals surface area contributed by atoms with Crippen LogP contribution in [0.15, 0.2) is 48.6 Å². The molecule has 1 amide bonds. The Bertz CT molecular complexity index is 1230. The summed E-state index contributed by atoms with van der Waals surface area (Å²) in [4.78, 5) is 24.6. The Morgan fingerprint density at radius 1 is 0.397 bits per heavy atom. The fraction of sp³-hybridized carbons (Fsp3) is 0.851. The monoisotopic (exact) mass is 1020 g/mol. The zero-order valence-electron chi connectivity index (χ0n) is 48.9. The van der Waals surface area contributed by atoms with Gasteiger partial charge in [-0.3, -0.25) is 9.59 Å². The molecule has 0 radical (unpaired) electrons. The van der Waals surface area contributed by atoms with Gasteiger partial charge in [0.1, 0.15) is 0 Å². The molecular formula is C67H125NO5. The number of aliphatic hydroxyl groups is 2. The molecule has 0 aromatic heterocycles. The maximum atomic E-state index is 12.5. The van der Waals surface area contributed by atoms with Crippen LogP contribution < -0.4 is 5.32 Å². The molecule has 73 heavy (non-hydrogen) atoms. The van der Waals surface area contributed by atoms with Gasteiger partial charge in [0.25, 0.3) is 0 Å². The number of carbonyl (C=O) groups is 2. The standard InChI is InChI=1S/C67H125NO5/c1-3-5-7-9-11-13-15-17-19-21-22-23-24-25-26-27-29-31-35-39-43-47-51-55-59-65(70)64(63-69)68-66(71)60-56-52-48-44-40-36-32-30-34-38-42-46-50-54-58-62-73-67(72)61-57-53-49-45-41-37-33-28-20-18-16-14-12-10-8-6-4-2/h12,14,18,20,30,34,38,42,64-65,69-70H,3-11,13,15-17,19,21-29,31-33,35-37,39-41,43-63H2,1-2H3,(H,68,71)/b14-12-,20-18-,34-30-,42-38-. The van der Waals surface area contributed by atoms with E-state index in [1.165, 1.54) is 225 Å². The van der Waals surface area contributed by atoms with Crippen LogP contribution in [0.25, 0.3) is 0 Å². The predicted molar refractivity (Wildman–Crippen MR) is 319 cm³/mol. The molecule has 0 aromatic rings. The Balaban J connectivity index is 3.50. The van der Waals surface area contributed by atoms with Gasteiger partial charge in [-0.25, -0.2) is 0 Å². The van der Waals surface area contributed by atoms with E-state index in [4.69, 9.17) is 4.74 Å². The van der Waals surface area contributed by atoms with Crippen LogP contribution in [-0.4, -0.2) is 47.4 Å². The minimum atomic E-state index is -0.682. The van der Waals surface area contributed by atoms with Crippen molar-refractivity contribution in [2.45, 2.75) is 353 Å². The molecule has 0 heterocycles. The van der Waals surface area contributed by atoms with Crippen LogP contribution in [0.5, 0.6) is 0 Å². The van der Waals surface area contributed by atoms with Gasteiger partial charge in [0.2, 0.25) is 5.91 Å². The van der Waals surface area contributed by atoms with E-state index in [1.54, 1.807) is 0 Å². The van der Waals surface area contributed by atoms with Crippen LogP contribution in [0.3, 0.4) is 0 Å². The zero-order valence-corrected chi connectivity index (χ0v) is 48.9. The molecule has 0 aliphatic heterocycles. The Kier molecular flexibility index (Phi) is 60.5. The minimum Gasteiger partial charge on any atom is -0.466 e. The second kappa shape index (κ2) is 62.4. The van der Waals surface area contributed by atoms with E-state index >= 15 is 0 Å². The van der Waals surface area contributed by atoms with Gasteiger partial charge in [-0.05, 0) is 89.9 Å². The van der Waals surface area contributed by atoms with Crippen molar-refractivity contribution in [3.05, 3.63) is 48.6 Å². The minimum absolute atomic E-state index is 0.0290. The summed E-state index contributed by atoms with van der Waals surface area (Å²) >= 11 is 0. The molecule has 0 bridgehead atoms. The third-order valence-electron chi connectivity index (χ3n) is 14.9. The van der Waals surface area contributed by atoms with E-state index in [9.17, 15) is 19.8 Å². The number of nitrogens with one attached hydrogen (secondary N) is 1. The number of carbonyl (C=O) groups excluding carboxylic acids is 2. The molecule has 0 aliphatic carbocycles. The summed E-state index contributed by atoms with van der Waals surface area (Å²) in [6.45, 7) is 4.89. The van der Waals surface area contributed by atoms with Crippen LogP contribution in [0.2, 0.25) is 0 Å². The molecule has 0 saturated heterocycles. The molecule has 0 fully saturated rings. The molecular weight excluding hydrogens is 899 g/mol. The van der Waals surface area contributed by atoms with Gasteiger partial charge in [-0.2, -0.15) is 0 Å². The lowest BCUT2D eigenvalue weighted by atomic mass is 10.0. The summed E-state index contributed by atoms with van der Waals surface area (Å²) in [5.74, 6) is -0.0841. The summed E-state index contributed by atoms with van der Waals surface area (Å²) in [5.41, 5.74) is 0. The first-order valence-electron chi connectivity index (χ1n) is 32.4. The third-order valence-corrected chi connectivity index (χ3v) is 14.9. The van der Waals surface area contributed by atoms with Crippen LogP contribution in [-0.2, 0) is 14.3 Å². The Labute approximate surface area is 455 Å². The van der Waals surface area contributed by atoms with Gasteiger partial charge in [-0.1, -0.05) is 287 Å². The highest BCUT2D eigenvalue weighted by Crippen LogP contribution is 2.18. The van der Waals surface area contributed by atoms with Gasteiger partial charge < -0.3 is 20.3 Å². The fourth-order valence-corrected chi connectivity index (χ4v) is 9.90. The molecule has 6 nitrogen and oxygen atoms in total. The molecule has 0 spiro atoms. The number of unbranched alkanes of at least 4 members (excludes halogenated alkanes) is 42. The van der Waals surface area contributed by atoms with E-state index in [0.717, 1.165) is 83.5 Å². The zero-order chi connectivity index (χ0) is 52.9. The van der Waals surface area contributed by atoms with Gasteiger partial charge >= 0.3 is 5.97 Å². The maximum absolute atomic E-state index is 12.5. The molecule has 0 aliphatic rings. The number of hydrogen-bond donors (Lipinski definition) is 3. The summed E-state index contributed by atoms with van der Waals surface area (Å²) < 4.78 is 5.46. The van der Waals surface area contributed by atoms with Crippen molar-refractivity contribution in [1.82, 2.24) is 5.32 Å². The second-order valence-corrected chi connectivity index (χ2v) is 22.1. The summed E-state index contributed by atoms with van der Waals surface area (Å²) in [7, 11) is 0. The van der Waals surface area contributed by atoms with Gasteiger partial charge in [0.15, 0.2) is 0 Å². The molecule has 0 aromatic carbocycles. The van der Waals surface area contributed by atoms with Gasteiger partial charge in [-0.15, -0.1) is 0 Å². The van der Waals surface area contributed by atoms with Gasteiger partial charge in [0, 0.05) is 12.8 Å².